The summed E-state index contributed by atoms with van der Waals surface area (Å²) in [7, 11) is 0. The Morgan fingerprint density at radius 3 is 2.48 bits per heavy atom. The van der Waals surface area contributed by atoms with Crippen molar-refractivity contribution in [3.05, 3.63) is 53.9 Å². The van der Waals surface area contributed by atoms with Crippen molar-refractivity contribution >= 4 is 16.9 Å². The highest BCUT2D eigenvalue weighted by Crippen LogP contribution is 2.31. The number of alkyl halides is 3. The van der Waals surface area contributed by atoms with E-state index in [-0.39, 0.29) is 17.8 Å². The second kappa shape index (κ2) is 8.62. The van der Waals surface area contributed by atoms with Crippen LogP contribution in [-0.4, -0.2) is 35.0 Å². The van der Waals surface area contributed by atoms with Gasteiger partial charge in [-0.15, -0.1) is 0 Å². The Morgan fingerprint density at radius 2 is 1.83 bits per heavy atom. The summed E-state index contributed by atoms with van der Waals surface area (Å²) in [5.74, 6) is -0.226. The number of hydrogen-bond donors (Lipinski definition) is 4. The molecule has 0 spiro atoms. The number of benzene rings is 2. The molecule has 1 amide bonds. The number of nitrogens with one attached hydrogen (secondary N) is 2. The smallest absolute Gasteiger partial charge is 0.348 e. The van der Waals surface area contributed by atoms with Gasteiger partial charge in [0, 0.05) is 12.6 Å². The van der Waals surface area contributed by atoms with Gasteiger partial charge in [0.15, 0.2) is 5.82 Å². The highest BCUT2D eigenvalue weighted by molar-refractivity contribution is 5.94. The number of rotatable bonds is 7. The molecule has 3 rings (SSSR count). The Kier molecular flexibility index (Phi) is 6.19. The van der Waals surface area contributed by atoms with Crippen molar-refractivity contribution in [1.82, 2.24) is 15.3 Å². The number of imidazole rings is 1. The number of H-pyrrole nitrogens is 1. The number of amides is 1. The SMILES string of the molecule is NCCC[C@@H](N)CNC(=O)c1nc2ccc(-c3ccc(C(F)(F)F)cc3)cc2[nH]1. The first kappa shape index (κ1) is 20.8. The van der Waals surface area contributed by atoms with Gasteiger partial charge in [-0.3, -0.25) is 4.79 Å². The molecule has 0 fully saturated rings. The van der Waals surface area contributed by atoms with E-state index >= 15 is 0 Å². The fourth-order valence-corrected chi connectivity index (χ4v) is 2.94. The van der Waals surface area contributed by atoms with Gasteiger partial charge < -0.3 is 21.8 Å². The highest BCUT2D eigenvalue weighted by Gasteiger charge is 2.30. The number of nitrogens with zero attached hydrogens (tertiary/aromatic N) is 1. The van der Waals surface area contributed by atoms with E-state index < -0.39 is 11.7 Å². The van der Waals surface area contributed by atoms with Crippen molar-refractivity contribution < 1.29 is 18.0 Å². The average Bonchev–Trinajstić information content (AvgIpc) is 3.13. The second-order valence-corrected chi connectivity index (χ2v) is 6.79. The van der Waals surface area contributed by atoms with E-state index in [9.17, 15) is 18.0 Å². The molecular weight excluding hydrogens is 383 g/mol. The fraction of sp³-hybridized carbons (Fsp3) is 0.300. The van der Waals surface area contributed by atoms with Crippen LogP contribution in [0.5, 0.6) is 0 Å². The van der Waals surface area contributed by atoms with E-state index in [0.717, 1.165) is 18.6 Å². The van der Waals surface area contributed by atoms with Gasteiger partial charge in [-0.1, -0.05) is 18.2 Å². The predicted molar refractivity (Wildman–Crippen MR) is 105 cm³/mol. The Morgan fingerprint density at radius 1 is 1.14 bits per heavy atom. The van der Waals surface area contributed by atoms with Crippen LogP contribution < -0.4 is 16.8 Å². The van der Waals surface area contributed by atoms with Crippen LogP contribution in [0.2, 0.25) is 0 Å². The standard InChI is InChI=1S/C20H22F3N5O/c21-20(22,23)14-6-3-12(4-7-14)13-5-8-16-17(10-13)28-18(27-16)19(29)26-11-15(25)2-1-9-24/h3-8,10,15H,1-2,9,11,24-25H2,(H,26,29)(H,27,28)/t15-/m1/s1. The molecule has 6 nitrogen and oxygen atoms in total. The van der Waals surface area contributed by atoms with E-state index in [4.69, 9.17) is 11.5 Å². The fourth-order valence-electron chi connectivity index (χ4n) is 2.94. The van der Waals surface area contributed by atoms with Gasteiger partial charge in [-0.05, 0) is 54.8 Å². The third kappa shape index (κ3) is 5.12. The summed E-state index contributed by atoms with van der Waals surface area (Å²) in [6, 6.07) is 9.93. The minimum absolute atomic E-state index is 0.149. The van der Waals surface area contributed by atoms with Gasteiger partial charge in [0.25, 0.3) is 5.91 Å². The van der Waals surface area contributed by atoms with Crippen LogP contribution in [0, 0.1) is 0 Å². The molecule has 3 aromatic rings. The van der Waals surface area contributed by atoms with Crippen molar-refractivity contribution in [2.24, 2.45) is 11.5 Å². The maximum atomic E-state index is 12.7. The summed E-state index contributed by atoms with van der Waals surface area (Å²) in [5.41, 5.74) is 13.2. The lowest BCUT2D eigenvalue weighted by molar-refractivity contribution is -0.137. The summed E-state index contributed by atoms with van der Waals surface area (Å²) >= 11 is 0. The molecule has 9 heteroatoms. The Bertz CT molecular complexity index is 982. The number of aromatic amines is 1. The molecule has 0 radical (unpaired) electrons. The second-order valence-electron chi connectivity index (χ2n) is 6.79. The predicted octanol–water partition coefficient (Wildman–Crippen LogP) is 3.04. The van der Waals surface area contributed by atoms with Crippen LogP contribution in [0.15, 0.2) is 42.5 Å². The first-order chi connectivity index (χ1) is 13.8. The molecule has 2 aromatic carbocycles. The molecule has 1 aromatic heterocycles. The molecule has 154 valence electrons. The third-order valence-electron chi connectivity index (χ3n) is 4.55. The molecule has 1 heterocycles. The van der Waals surface area contributed by atoms with Gasteiger partial charge in [0.2, 0.25) is 0 Å². The van der Waals surface area contributed by atoms with Crippen molar-refractivity contribution in [3.8, 4) is 11.1 Å². The maximum Gasteiger partial charge on any atom is 0.416 e. The molecule has 0 unspecified atom stereocenters. The van der Waals surface area contributed by atoms with Gasteiger partial charge in [0.1, 0.15) is 0 Å². The Balaban J connectivity index is 1.73. The summed E-state index contributed by atoms with van der Waals surface area (Å²) in [6.45, 7) is 0.860. The Hall–Kier alpha value is -2.91. The molecule has 0 bridgehead atoms. The van der Waals surface area contributed by atoms with Crippen LogP contribution in [-0.2, 0) is 6.18 Å². The first-order valence-corrected chi connectivity index (χ1v) is 9.19. The summed E-state index contributed by atoms with van der Waals surface area (Å²) in [6.07, 6.45) is -2.87. The maximum absolute atomic E-state index is 12.7. The number of halogens is 3. The monoisotopic (exact) mass is 405 g/mol. The quantitative estimate of drug-likeness (QED) is 0.484. The lowest BCUT2D eigenvalue weighted by Crippen LogP contribution is -2.37. The third-order valence-corrected chi connectivity index (χ3v) is 4.55. The molecule has 0 saturated heterocycles. The number of nitrogens with two attached hydrogens (primary N) is 2. The Labute approximate surface area is 165 Å². The summed E-state index contributed by atoms with van der Waals surface area (Å²) in [4.78, 5) is 19.5. The van der Waals surface area contributed by atoms with Crippen molar-refractivity contribution in [2.45, 2.75) is 25.1 Å². The van der Waals surface area contributed by atoms with Crippen molar-refractivity contribution in [2.75, 3.05) is 13.1 Å². The van der Waals surface area contributed by atoms with Crippen LogP contribution in [0.4, 0.5) is 13.2 Å². The summed E-state index contributed by atoms with van der Waals surface area (Å²) < 4.78 is 38.2. The van der Waals surface area contributed by atoms with Crippen LogP contribution in [0.1, 0.15) is 29.0 Å². The number of carbonyl (C=O) groups is 1. The van der Waals surface area contributed by atoms with E-state index in [2.05, 4.69) is 15.3 Å². The van der Waals surface area contributed by atoms with Crippen molar-refractivity contribution in [1.29, 1.82) is 0 Å². The molecule has 29 heavy (non-hydrogen) atoms. The molecule has 1 atom stereocenters. The van der Waals surface area contributed by atoms with Gasteiger partial charge in [-0.2, -0.15) is 13.2 Å². The number of hydrogen-bond acceptors (Lipinski definition) is 4. The molecule has 6 N–H and O–H groups in total. The minimum Gasteiger partial charge on any atom is -0.348 e. The molecular formula is C20H22F3N5O. The molecule has 0 aliphatic carbocycles. The molecule has 0 aliphatic heterocycles. The van der Waals surface area contributed by atoms with Gasteiger partial charge >= 0.3 is 6.18 Å². The van der Waals surface area contributed by atoms with Crippen LogP contribution in [0.3, 0.4) is 0 Å². The van der Waals surface area contributed by atoms with E-state index in [1.807, 2.05) is 0 Å². The number of fused-ring (bicyclic) bond motifs is 1. The zero-order chi connectivity index (χ0) is 21.0. The first-order valence-electron chi connectivity index (χ1n) is 9.19. The van der Waals surface area contributed by atoms with Crippen LogP contribution >= 0.6 is 0 Å². The highest BCUT2D eigenvalue weighted by atomic mass is 19.4. The molecule has 0 saturated carbocycles. The topological polar surface area (TPSA) is 110 Å². The minimum atomic E-state index is -4.37. The van der Waals surface area contributed by atoms with Gasteiger partial charge in [-0.25, -0.2) is 4.98 Å². The van der Waals surface area contributed by atoms with Gasteiger partial charge in [0.05, 0.1) is 16.6 Å². The number of aromatic nitrogens is 2. The van der Waals surface area contributed by atoms with E-state index in [0.29, 0.717) is 41.7 Å². The lowest BCUT2D eigenvalue weighted by atomic mass is 10.0. The summed E-state index contributed by atoms with van der Waals surface area (Å²) in [5, 5.41) is 2.73. The van der Waals surface area contributed by atoms with Crippen molar-refractivity contribution in [3.63, 3.8) is 0 Å². The largest absolute Gasteiger partial charge is 0.416 e. The van der Waals surface area contributed by atoms with Crippen LogP contribution in [0.25, 0.3) is 22.2 Å². The lowest BCUT2D eigenvalue weighted by Gasteiger charge is -2.11. The normalized spacial score (nSPS) is 12.9. The van der Waals surface area contributed by atoms with E-state index in [1.54, 1.807) is 18.2 Å². The number of carbonyl (C=O) groups excluding carboxylic acids is 1. The molecule has 0 aliphatic rings. The average molecular weight is 405 g/mol. The zero-order valence-corrected chi connectivity index (χ0v) is 15.6. The van der Waals surface area contributed by atoms with E-state index in [1.165, 1.54) is 12.1 Å². The zero-order valence-electron chi connectivity index (χ0n) is 15.6.